The molecule has 0 saturated carbocycles. The molecule has 3 rings (SSSR count). The third-order valence-corrected chi connectivity index (χ3v) is 6.43. The molecule has 0 amide bonds. The fourth-order valence-electron chi connectivity index (χ4n) is 3.84. The molecule has 0 spiro atoms. The van der Waals surface area contributed by atoms with Crippen molar-refractivity contribution in [2.45, 2.75) is 45.5 Å². The van der Waals surface area contributed by atoms with E-state index in [1.807, 2.05) is 26.2 Å². The third kappa shape index (κ3) is 6.97. The van der Waals surface area contributed by atoms with Gasteiger partial charge in [-0.2, -0.15) is 11.8 Å². The lowest BCUT2D eigenvalue weighted by molar-refractivity contribution is 0.164. The quantitative estimate of drug-likeness (QED) is 0.473. The summed E-state index contributed by atoms with van der Waals surface area (Å²) in [4.78, 5) is 11.3. The molecule has 8 heteroatoms. The van der Waals surface area contributed by atoms with E-state index >= 15 is 0 Å². The maximum atomic E-state index is 13.6. The van der Waals surface area contributed by atoms with E-state index in [4.69, 9.17) is 4.42 Å². The number of rotatable bonds is 8. The van der Waals surface area contributed by atoms with E-state index in [1.54, 1.807) is 24.9 Å². The highest BCUT2D eigenvalue weighted by molar-refractivity contribution is 7.97. The molecule has 1 aliphatic rings. The number of nitrogens with zero attached hydrogens (tertiary/aromatic N) is 3. The zero-order chi connectivity index (χ0) is 22.2. The highest BCUT2D eigenvalue weighted by Gasteiger charge is 2.21. The van der Waals surface area contributed by atoms with Gasteiger partial charge in [-0.3, -0.25) is 9.89 Å². The molecule has 2 N–H and O–H groups in total. The predicted octanol–water partition coefficient (Wildman–Crippen LogP) is 3.87. The molecular weight excluding hydrogens is 413 g/mol. The molecule has 1 aliphatic heterocycles. The summed E-state index contributed by atoms with van der Waals surface area (Å²) in [5.74, 6) is 3.74. The first-order valence-corrected chi connectivity index (χ1v) is 12.2. The van der Waals surface area contributed by atoms with Gasteiger partial charge in [0.15, 0.2) is 5.96 Å². The molecule has 1 aromatic heterocycles. The average Bonchev–Trinajstić information content (AvgIpc) is 3.07. The van der Waals surface area contributed by atoms with Gasteiger partial charge in [0.25, 0.3) is 0 Å². The number of hydrogen-bond donors (Lipinski definition) is 2. The van der Waals surface area contributed by atoms with Gasteiger partial charge in [0.2, 0.25) is 5.89 Å². The van der Waals surface area contributed by atoms with Crippen LogP contribution in [0.5, 0.6) is 0 Å². The number of aryl methyl sites for hydroxylation is 2. The molecule has 0 radical (unpaired) electrons. The molecule has 1 aromatic carbocycles. The van der Waals surface area contributed by atoms with Gasteiger partial charge in [0.05, 0.1) is 12.2 Å². The number of hydrogen-bond acceptors (Lipinski definition) is 5. The Morgan fingerprint density at radius 3 is 2.68 bits per heavy atom. The topological polar surface area (TPSA) is 65.7 Å². The summed E-state index contributed by atoms with van der Waals surface area (Å²) < 4.78 is 19.3. The lowest BCUT2D eigenvalue weighted by Crippen LogP contribution is -2.42. The molecule has 0 unspecified atom stereocenters. The van der Waals surface area contributed by atoms with Crippen LogP contribution in [0.4, 0.5) is 4.39 Å². The fraction of sp³-hybridized carbons (Fsp3) is 0.565. The van der Waals surface area contributed by atoms with Crippen molar-refractivity contribution in [3.63, 3.8) is 0 Å². The van der Waals surface area contributed by atoms with Crippen molar-refractivity contribution >= 4 is 17.7 Å². The Kier molecular flexibility index (Phi) is 8.78. The number of guanidine groups is 1. The molecule has 1 fully saturated rings. The van der Waals surface area contributed by atoms with Crippen molar-refractivity contribution in [2.24, 2.45) is 10.9 Å². The van der Waals surface area contributed by atoms with Crippen LogP contribution in [0, 0.1) is 25.6 Å². The smallest absolute Gasteiger partial charge is 0.208 e. The Morgan fingerprint density at radius 2 is 2.03 bits per heavy atom. The van der Waals surface area contributed by atoms with E-state index in [0.717, 1.165) is 79.2 Å². The summed E-state index contributed by atoms with van der Waals surface area (Å²) >= 11 is 1.69. The maximum Gasteiger partial charge on any atom is 0.208 e. The van der Waals surface area contributed by atoms with Crippen molar-refractivity contribution < 1.29 is 8.81 Å². The zero-order valence-electron chi connectivity index (χ0n) is 19.0. The fourth-order valence-corrected chi connectivity index (χ4v) is 4.42. The predicted molar refractivity (Wildman–Crippen MR) is 126 cm³/mol. The van der Waals surface area contributed by atoms with Gasteiger partial charge in [-0.25, -0.2) is 9.37 Å². The lowest BCUT2D eigenvalue weighted by atomic mass is 9.97. The number of benzene rings is 1. The summed E-state index contributed by atoms with van der Waals surface area (Å²) in [6, 6.07) is 5.00. The van der Waals surface area contributed by atoms with Gasteiger partial charge >= 0.3 is 0 Å². The van der Waals surface area contributed by atoms with Gasteiger partial charge < -0.3 is 15.1 Å². The standard InChI is InChI=1S/C23H34FN5OS/c1-16-17(2)30-22(28-16)14-29-9-7-18(8-10-29)12-26-23(25-3)27-13-19-5-6-21(24)11-20(19)15-31-4/h5-6,11,18H,7-10,12-15H2,1-4H3,(H2,25,26,27). The second kappa shape index (κ2) is 11.5. The molecule has 0 aliphatic carbocycles. The van der Waals surface area contributed by atoms with E-state index in [1.165, 1.54) is 6.07 Å². The number of aromatic nitrogens is 1. The molecule has 2 heterocycles. The van der Waals surface area contributed by atoms with E-state index in [0.29, 0.717) is 12.5 Å². The average molecular weight is 448 g/mol. The first-order valence-electron chi connectivity index (χ1n) is 10.8. The van der Waals surface area contributed by atoms with Gasteiger partial charge in [0, 0.05) is 25.9 Å². The maximum absolute atomic E-state index is 13.6. The van der Waals surface area contributed by atoms with Crippen LogP contribution >= 0.6 is 11.8 Å². The van der Waals surface area contributed by atoms with Crippen molar-refractivity contribution in [1.29, 1.82) is 0 Å². The Balaban J connectivity index is 1.41. The van der Waals surface area contributed by atoms with Crippen molar-refractivity contribution in [2.75, 3.05) is 32.9 Å². The number of nitrogens with one attached hydrogen (secondary N) is 2. The molecule has 31 heavy (non-hydrogen) atoms. The summed E-state index contributed by atoms with van der Waals surface area (Å²) in [7, 11) is 1.78. The van der Waals surface area contributed by atoms with Gasteiger partial charge in [0.1, 0.15) is 11.6 Å². The minimum atomic E-state index is -0.185. The number of likely N-dealkylation sites (tertiary alicyclic amines) is 1. The van der Waals surface area contributed by atoms with E-state index in [9.17, 15) is 4.39 Å². The molecule has 6 nitrogen and oxygen atoms in total. The molecule has 1 saturated heterocycles. The van der Waals surface area contributed by atoms with Gasteiger partial charge in [-0.1, -0.05) is 6.07 Å². The van der Waals surface area contributed by atoms with E-state index in [-0.39, 0.29) is 5.82 Å². The van der Waals surface area contributed by atoms with Crippen LogP contribution in [0.3, 0.4) is 0 Å². The third-order valence-electron chi connectivity index (χ3n) is 5.84. The number of oxazole rings is 1. The summed E-state index contributed by atoms with van der Waals surface area (Å²) in [6.07, 6.45) is 4.30. The molecule has 0 atom stereocenters. The van der Waals surface area contributed by atoms with Crippen LogP contribution in [0.15, 0.2) is 27.6 Å². The van der Waals surface area contributed by atoms with Crippen LogP contribution in [0.1, 0.15) is 41.3 Å². The summed E-state index contributed by atoms with van der Waals surface area (Å²) in [6.45, 7) is 8.35. The number of aliphatic imine (C=N–C) groups is 1. The molecule has 0 bridgehead atoms. The Hall–Kier alpha value is -2.06. The number of halogens is 1. The Bertz CT molecular complexity index is 857. The van der Waals surface area contributed by atoms with Crippen LogP contribution in [0.25, 0.3) is 0 Å². The minimum absolute atomic E-state index is 0.185. The minimum Gasteiger partial charge on any atom is -0.444 e. The normalized spacial score (nSPS) is 16.0. The van der Waals surface area contributed by atoms with Crippen molar-refractivity contribution in [1.82, 2.24) is 20.5 Å². The summed E-state index contributed by atoms with van der Waals surface area (Å²) in [5.41, 5.74) is 3.11. The Labute approximate surface area is 189 Å². The first-order chi connectivity index (χ1) is 15.0. The first kappa shape index (κ1) is 23.6. The van der Waals surface area contributed by atoms with Crippen molar-refractivity contribution in [3.8, 4) is 0 Å². The van der Waals surface area contributed by atoms with Gasteiger partial charge in [-0.05, 0) is 75.2 Å². The van der Waals surface area contributed by atoms with Gasteiger partial charge in [-0.15, -0.1) is 0 Å². The number of piperidine rings is 1. The Morgan fingerprint density at radius 1 is 1.26 bits per heavy atom. The van der Waals surface area contributed by atoms with Crippen LogP contribution in [0.2, 0.25) is 0 Å². The largest absolute Gasteiger partial charge is 0.444 e. The van der Waals surface area contributed by atoms with E-state index in [2.05, 4.69) is 25.5 Å². The second-order valence-electron chi connectivity index (χ2n) is 8.12. The SMILES string of the molecule is CN=C(NCc1ccc(F)cc1CSC)NCC1CCN(Cc2nc(C)c(C)o2)CC1. The highest BCUT2D eigenvalue weighted by Crippen LogP contribution is 2.19. The number of thioether (sulfide) groups is 1. The summed E-state index contributed by atoms with van der Waals surface area (Å²) in [5, 5.41) is 6.83. The zero-order valence-corrected chi connectivity index (χ0v) is 19.8. The monoisotopic (exact) mass is 447 g/mol. The van der Waals surface area contributed by atoms with Crippen LogP contribution in [-0.2, 0) is 18.8 Å². The highest BCUT2D eigenvalue weighted by atomic mass is 32.2. The van der Waals surface area contributed by atoms with Crippen molar-refractivity contribution in [3.05, 3.63) is 52.5 Å². The molecule has 170 valence electrons. The molecule has 2 aromatic rings. The lowest BCUT2D eigenvalue weighted by Gasteiger charge is -2.31. The molecular formula is C23H34FN5OS. The van der Waals surface area contributed by atoms with Crippen LogP contribution < -0.4 is 10.6 Å². The van der Waals surface area contributed by atoms with E-state index < -0.39 is 0 Å². The van der Waals surface area contributed by atoms with Crippen LogP contribution in [-0.4, -0.2) is 48.8 Å². The second-order valence-corrected chi connectivity index (χ2v) is 8.99.